The molecule has 2 atom stereocenters. The van der Waals surface area contributed by atoms with Crippen molar-refractivity contribution in [2.24, 2.45) is 0 Å². The molecule has 0 aromatic heterocycles. The second-order valence-electron chi connectivity index (χ2n) is 4.14. The number of carbonyl (C=O) groups is 2. The summed E-state index contributed by atoms with van der Waals surface area (Å²) in [6.07, 6.45) is -1.68. The molecule has 0 radical (unpaired) electrons. The predicted molar refractivity (Wildman–Crippen MR) is 79.3 cm³/mol. The Balaban J connectivity index is 3.75. The summed E-state index contributed by atoms with van der Waals surface area (Å²) in [5, 5.41) is 13.9. The highest BCUT2D eigenvalue weighted by molar-refractivity contribution is 7.80. The highest BCUT2D eigenvalue weighted by Gasteiger charge is 2.14. The van der Waals surface area contributed by atoms with E-state index in [2.05, 4.69) is 23.3 Å². The summed E-state index contributed by atoms with van der Waals surface area (Å²) in [6.45, 7) is 2.05. The number of thiol groups is 1. The minimum absolute atomic E-state index is 0.113. The molecule has 9 heteroatoms. The molecule has 0 fully saturated rings. The summed E-state index contributed by atoms with van der Waals surface area (Å²) in [4.78, 5) is 22.6. The normalized spacial score (nSPS) is 13.3. The number of amides is 2. The Morgan fingerprint density at radius 3 is 2.57 bits per heavy atom. The zero-order valence-corrected chi connectivity index (χ0v) is 13.2. The van der Waals surface area contributed by atoms with E-state index in [1.54, 1.807) is 6.92 Å². The predicted octanol–water partition coefficient (Wildman–Crippen LogP) is -0.481. The summed E-state index contributed by atoms with van der Waals surface area (Å²) in [5.41, 5.74) is 0. The van der Waals surface area contributed by atoms with Crippen molar-refractivity contribution < 1.29 is 28.9 Å². The third-order valence-corrected chi connectivity index (χ3v) is 2.53. The number of methoxy groups -OCH3 is 1. The van der Waals surface area contributed by atoms with E-state index in [1.807, 2.05) is 0 Å². The van der Waals surface area contributed by atoms with E-state index in [1.165, 1.54) is 7.11 Å². The third-order valence-electron chi connectivity index (χ3n) is 2.31. The SMILES string of the molecule is COC(COC(=O)NCCC(=O)NCCS)OC(C)CO. The number of nitrogens with one attached hydrogen (secondary N) is 2. The zero-order chi connectivity index (χ0) is 16.1. The summed E-state index contributed by atoms with van der Waals surface area (Å²) in [5.74, 6) is 0.394. The fourth-order valence-electron chi connectivity index (χ4n) is 1.22. The maximum atomic E-state index is 11.4. The number of aliphatic hydroxyl groups is 1. The number of ether oxygens (including phenoxy) is 3. The molecule has 124 valence electrons. The monoisotopic (exact) mass is 324 g/mol. The maximum absolute atomic E-state index is 11.4. The van der Waals surface area contributed by atoms with Crippen LogP contribution in [-0.2, 0) is 19.0 Å². The van der Waals surface area contributed by atoms with Crippen molar-refractivity contribution in [2.75, 3.05) is 39.2 Å². The number of hydrogen-bond donors (Lipinski definition) is 4. The average Bonchev–Trinajstić information content (AvgIpc) is 2.48. The van der Waals surface area contributed by atoms with Crippen LogP contribution in [0.2, 0.25) is 0 Å². The van der Waals surface area contributed by atoms with E-state index >= 15 is 0 Å². The number of aliphatic hydroxyl groups excluding tert-OH is 1. The first-order valence-electron chi connectivity index (χ1n) is 6.60. The third kappa shape index (κ3) is 11.3. The molecule has 0 aromatic carbocycles. The first kappa shape index (κ1) is 20.0. The summed E-state index contributed by atoms with van der Waals surface area (Å²) < 4.78 is 15.1. The fraction of sp³-hybridized carbons (Fsp3) is 0.833. The highest BCUT2D eigenvalue weighted by atomic mass is 32.1. The van der Waals surface area contributed by atoms with E-state index in [9.17, 15) is 9.59 Å². The fourth-order valence-corrected chi connectivity index (χ4v) is 1.33. The van der Waals surface area contributed by atoms with E-state index in [4.69, 9.17) is 19.3 Å². The van der Waals surface area contributed by atoms with Gasteiger partial charge in [0.05, 0.1) is 12.7 Å². The molecule has 0 aliphatic rings. The van der Waals surface area contributed by atoms with Crippen molar-refractivity contribution in [2.45, 2.75) is 25.7 Å². The second kappa shape index (κ2) is 12.7. The van der Waals surface area contributed by atoms with Gasteiger partial charge in [-0.15, -0.1) is 0 Å². The second-order valence-corrected chi connectivity index (χ2v) is 4.59. The van der Waals surface area contributed by atoms with E-state index in [-0.39, 0.29) is 32.1 Å². The van der Waals surface area contributed by atoms with E-state index in [0.29, 0.717) is 12.3 Å². The molecule has 0 heterocycles. The van der Waals surface area contributed by atoms with Crippen molar-refractivity contribution in [1.82, 2.24) is 10.6 Å². The molecule has 0 rings (SSSR count). The van der Waals surface area contributed by atoms with Crippen molar-refractivity contribution in [3.8, 4) is 0 Å². The molecular formula is C12H24N2O6S. The van der Waals surface area contributed by atoms with Crippen molar-refractivity contribution >= 4 is 24.6 Å². The van der Waals surface area contributed by atoms with Crippen LogP contribution in [0.4, 0.5) is 4.79 Å². The zero-order valence-electron chi connectivity index (χ0n) is 12.3. The average molecular weight is 324 g/mol. The molecule has 8 nitrogen and oxygen atoms in total. The van der Waals surface area contributed by atoms with Gasteiger partial charge in [-0.1, -0.05) is 0 Å². The minimum Gasteiger partial charge on any atom is -0.444 e. The molecule has 0 spiro atoms. The Kier molecular flexibility index (Phi) is 12.1. The van der Waals surface area contributed by atoms with Gasteiger partial charge >= 0.3 is 6.09 Å². The van der Waals surface area contributed by atoms with Crippen LogP contribution in [0, 0.1) is 0 Å². The number of carbonyl (C=O) groups excluding carboxylic acids is 2. The Bertz CT molecular complexity index is 305. The lowest BCUT2D eigenvalue weighted by molar-refractivity contribution is -0.176. The van der Waals surface area contributed by atoms with Gasteiger partial charge in [-0.2, -0.15) is 12.6 Å². The Hall–Kier alpha value is -1.03. The molecule has 0 aliphatic carbocycles. The van der Waals surface area contributed by atoms with Crippen LogP contribution in [0.1, 0.15) is 13.3 Å². The van der Waals surface area contributed by atoms with Crippen molar-refractivity contribution in [3.63, 3.8) is 0 Å². The molecule has 0 aromatic rings. The van der Waals surface area contributed by atoms with Gasteiger partial charge in [0.25, 0.3) is 0 Å². The molecule has 2 amide bonds. The molecule has 2 unspecified atom stereocenters. The van der Waals surface area contributed by atoms with Crippen LogP contribution < -0.4 is 10.6 Å². The molecule has 0 saturated heterocycles. The maximum Gasteiger partial charge on any atom is 0.407 e. The van der Waals surface area contributed by atoms with Gasteiger partial charge in [-0.3, -0.25) is 4.79 Å². The van der Waals surface area contributed by atoms with Crippen molar-refractivity contribution in [1.29, 1.82) is 0 Å². The smallest absolute Gasteiger partial charge is 0.407 e. The summed E-state index contributed by atoms with van der Waals surface area (Å²) >= 11 is 3.96. The first-order valence-corrected chi connectivity index (χ1v) is 7.24. The highest BCUT2D eigenvalue weighted by Crippen LogP contribution is 2.00. The lowest BCUT2D eigenvalue weighted by atomic mass is 10.4. The molecular weight excluding hydrogens is 300 g/mol. The largest absolute Gasteiger partial charge is 0.444 e. The molecule has 21 heavy (non-hydrogen) atoms. The number of hydrogen-bond acceptors (Lipinski definition) is 7. The van der Waals surface area contributed by atoms with Crippen LogP contribution in [0.5, 0.6) is 0 Å². The van der Waals surface area contributed by atoms with Crippen LogP contribution in [0.25, 0.3) is 0 Å². The van der Waals surface area contributed by atoms with Crippen LogP contribution in [0.3, 0.4) is 0 Å². The standard InChI is InChI=1S/C12H24N2O6S/c1-9(7-15)20-11(18-2)8-19-12(17)14-4-3-10(16)13-5-6-21/h9,11,15,21H,3-8H2,1-2H3,(H,13,16)(H,14,17). The minimum atomic E-state index is -0.753. The number of rotatable bonds is 11. The van der Waals surface area contributed by atoms with Gasteiger partial charge in [-0.25, -0.2) is 4.79 Å². The van der Waals surface area contributed by atoms with E-state index < -0.39 is 18.5 Å². The lowest BCUT2D eigenvalue weighted by Gasteiger charge is -2.19. The molecule has 0 saturated carbocycles. The van der Waals surface area contributed by atoms with Gasteiger partial charge in [-0.05, 0) is 6.92 Å². The number of alkyl carbamates (subject to hydrolysis) is 1. The molecule has 3 N–H and O–H groups in total. The van der Waals surface area contributed by atoms with Crippen LogP contribution in [-0.4, -0.2) is 68.7 Å². The van der Waals surface area contributed by atoms with Gasteiger partial charge in [0.1, 0.15) is 6.61 Å². The van der Waals surface area contributed by atoms with Gasteiger partial charge in [0, 0.05) is 32.4 Å². The van der Waals surface area contributed by atoms with Gasteiger partial charge in [0.15, 0.2) is 6.29 Å². The lowest BCUT2D eigenvalue weighted by Crippen LogP contribution is -2.34. The van der Waals surface area contributed by atoms with Gasteiger partial charge in [0.2, 0.25) is 5.91 Å². The summed E-state index contributed by atoms with van der Waals surface area (Å²) in [7, 11) is 1.40. The Morgan fingerprint density at radius 1 is 1.29 bits per heavy atom. The topological polar surface area (TPSA) is 106 Å². The van der Waals surface area contributed by atoms with Crippen LogP contribution >= 0.6 is 12.6 Å². The summed E-state index contributed by atoms with van der Waals surface area (Å²) in [6, 6.07) is 0. The van der Waals surface area contributed by atoms with Crippen molar-refractivity contribution in [3.05, 3.63) is 0 Å². The molecule has 0 bridgehead atoms. The Labute approximate surface area is 129 Å². The first-order chi connectivity index (χ1) is 10.0. The van der Waals surface area contributed by atoms with Crippen LogP contribution in [0.15, 0.2) is 0 Å². The molecule has 0 aliphatic heterocycles. The quantitative estimate of drug-likeness (QED) is 0.302. The van der Waals surface area contributed by atoms with E-state index in [0.717, 1.165) is 0 Å². The van der Waals surface area contributed by atoms with Gasteiger partial charge < -0.3 is 30.0 Å². The Morgan fingerprint density at radius 2 is 2.00 bits per heavy atom.